The van der Waals surface area contributed by atoms with Crippen molar-refractivity contribution in [1.82, 2.24) is 10.2 Å². The second kappa shape index (κ2) is 10.2. The Labute approximate surface area is 159 Å². The van der Waals surface area contributed by atoms with E-state index in [0.29, 0.717) is 19.0 Å². The fourth-order valence-electron chi connectivity index (χ4n) is 3.42. The van der Waals surface area contributed by atoms with Gasteiger partial charge in [-0.05, 0) is 49.4 Å². The van der Waals surface area contributed by atoms with Crippen LogP contribution in [-0.2, 0) is 11.0 Å². The van der Waals surface area contributed by atoms with Gasteiger partial charge in [-0.15, -0.1) is 12.4 Å². The van der Waals surface area contributed by atoms with Crippen molar-refractivity contribution >= 4 is 18.3 Å². The van der Waals surface area contributed by atoms with Gasteiger partial charge in [0.1, 0.15) is 0 Å². The Morgan fingerprint density at radius 2 is 1.88 bits per heavy atom. The summed E-state index contributed by atoms with van der Waals surface area (Å²) < 4.78 is 39.4. The van der Waals surface area contributed by atoms with Crippen molar-refractivity contribution in [2.24, 2.45) is 5.92 Å². The van der Waals surface area contributed by atoms with Crippen LogP contribution in [0.1, 0.15) is 50.2 Å². The second-order valence-electron chi connectivity index (χ2n) is 6.82. The number of likely N-dealkylation sites (tertiary alicyclic amines) is 1. The number of hydrogen-bond donors (Lipinski definition) is 1. The number of benzene rings is 1. The number of piperidine rings is 1. The van der Waals surface area contributed by atoms with E-state index >= 15 is 0 Å². The van der Waals surface area contributed by atoms with Crippen molar-refractivity contribution in [3.8, 4) is 0 Å². The molecule has 0 spiro atoms. The van der Waals surface area contributed by atoms with Gasteiger partial charge in [-0.1, -0.05) is 32.0 Å². The molecule has 1 N–H and O–H groups in total. The van der Waals surface area contributed by atoms with E-state index in [2.05, 4.69) is 12.2 Å². The lowest BCUT2D eigenvalue weighted by Gasteiger charge is -2.33. The lowest BCUT2D eigenvalue weighted by atomic mass is 9.91. The second-order valence-corrected chi connectivity index (χ2v) is 6.82. The standard InChI is InChI=1S/C19H27F3N2O.ClH/c1-3-23-13-15-8-10-24(11-9-15)18(25)12-14(2)16-6-4-5-7-17(16)19(20,21)22;/h4-7,14-15,23H,3,8-13H2,1-2H3;1H. The average Bonchev–Trinajstić information content (AvgIpc) is 2.59. The zero-order chi connectivity index (χ0) is 18.4. The number of amides is 1. The molecule has 1 heterocycles. The molecule has 26 heavy (non-hydrogen) atoms. The molecule has 1 aromatic rings. The maximum absolute atomic E-state index is 13.1. The van der Waals surface area contributed by atoms with E-state index in [-0.39, 0.29) is 30.3 Å². The van der Waals surface area contributed by atoms with Crippen molar-refractivity contribution in [2.75, 3.05) is 26.2 Å². The molecule has 7 heteroatoms. The van der Waals surface area contributed by atoms with Crippen molar-refractivity contribution in [1.29, 1.82) is 0 Å². The third kappa shape index (κ3) is 6.16. The first kappa shape index (κ1) is 22.8. The SMILES string of the molecule is CCNCC1CCN(C(=O)CC(C)c2ccccc2C(F)(F)F)CC1.Cl. The van der Waals surface area contributed by atoms with E-state index in [1.54, 1.807) is 17.9 Å². The number of carbonyl (C=O) groups is 1. The third-order valence-electron chi connectivity index (χ3n) is 4.93. The molecule has 1 aromatic carbocycles. The molecule has 148 valence electrons. The predicted molar refractivity (Wildman–Crippen MR) is 99.6 cm³/mol. The summed E-state index contributed by atoms with van der Waals surface area (Å²) >= 11 is 0. The molecule has 1 saturated heterocycles. The number of hydrogen-bond acceptors (Lipinski definition) is 2. The van der Waals surface area contributed by atoms with Crippen LogP contribution in [0.4, 0.5) is 13.2 Å². The van der Waals surface area contributed by atoms with Crippen molar-refractivity contribution in [3.05, 3.63) is 35.4 Å². The van der Waals surface area contributed by atoms with Gasteiger partial charge in [0, 0.05) is 19.5 Å². The van der Waals surface area contributed by atoms with Gasteiger partial charge < -0.3 is 10.2 Å². The summed E-state index contributed by atoms with van der Waals surface area (Å²) in [5.74, 6) is 0.0727. The van der Waals surface area contributed by atoms with Gasteiger partial charge in [-0.2, -0.15) is 13.2 Å². The molecule has 0 aliphatic carbocycles. The molecule has 1 aliphatic heterocycles. The zero-order valence-electron chi connectivity index (χ0n) is 15.3. The van der Waals surface area contributed by atoms with Crippen LogP contribution in [-0.4, -0.2) is 37.0 Å². The van der Waals surface area contributed by atoms with Crippen LogP contribution in [0.15, 0.2) is 24.3 Å². The lowest BCUT2D eigenvalue weighted by molar-refractivity contribution is -0.139. The number of alkyl halides is 3. The molecule has 1 atom stereocenters. The Balaban J connectivity index is 0.00000338. The third-order valence-corrected chi connectivity index (χ3v) is 4.93. The Hall–Kier alpha value is -1.27. The van der Waals surface area contributed by atoms with Crippen LogP contribution < -0.4 is 5.32 Å². The van der Waals surface area contributed by atoms with E-state index < -0.39 is 17.7 Å². The number of nitrogens with zero attached hydrogens (tertiary/aromatic N) is 1. The van der Waals surface area contributed by atoms with Gasteiger partial charge in [0.25, 0.3) is 0 Å². The summed E-state index contributed by atoms with van der Waals surface area (Å²) in [6.07, 6.45) is -2.37. The van der Waals surface area contributed by atoms with Crippen molar-refractivity contribution < 1.29 is 18.0 Å². The highest BCUT2D eigenvalue weighted by Crippen LogP contribution is 2.36. The maximum atomic E-state index is 13.1. The quantitative estimate of drug-likeness (QED) is 0.774. The minimum Gasteiger partial charge on any atom is -0.343 e. The summed E-state index contributed by atoms with van der Waals surface area (Å²) in [5, 5.41) is 3.33. The van der Waals surface area contributed by atoms with E-state index in [1.807, 2.05) is 0 Å². The summed E-state index contributed by atoms with van der Waals surface area (Å²) in [6, 6.07) is 5.54. The fraction of sp³-hybridized carbons (Fsp3) is 0.632. The van der Waals surface area contributed by atoms with Crippen LogP contribution in [0.2, 0.25) is 0 Å². The van der Waals surface area contributed by atoms with Crippen LogP contribution in [0, 0.1) is 5.92 Å². The van der Waals surface area contributed by atoms with Crippen molar-refractivity contribution in [3.63, 3.8) is 0 Å². The molecule has 0 bridgehead atoms. The minimum atomic E-state index is -4.39. The number of nitrogens with one attached hydrogen (secondary N) is 1. The van der Waals surface area contributed by atoms with Gasteiger partial charge in [0.15, 0.2) is 0 Å². The Morgan fingerprint density at radius 1 is 1.27 bits per heavy atom. The highest BCUT2D eigenvalue weighted by atomic mass is 35.5. The molecule has 0 saturated carbocycles. The molecule has 2 rings (SSSR count). The number of carbonyl (C=O) groups excluding carboxylic acids is 1. The van der Waals surface area contributed by atoms with Crippen LogP contribution in [0.5, 0.6) is 0 Å². The first-order valence-corrected chi connectivity index (χ1v) is 8.97. The Morgan fingerprint density at radius 3 is 2.46 bits per heavy atom. The van der Waals surface area contributed by atoms with Crippen LogP contribution >= 0.6 is 12.4 Å². The smallest absolute Gasteiger partial charge is 0.343 e. The first-order chi connectivity index (χ1) is 11.8. The topological polar surface area (TPSA) is 32.3 Å². The molecule has 1 unspecified atom stereocenters. The molecule has 3 nitrogen and oxygen atoms in total. The normalized spacial score (nSPS) is 16.9. The van der Waals surface area contributed by atoms with Crippen molar-refractivity contribution in [2.45, 2.75) is 45.2 Å². The first-order valence-electron chi connectivity index (χ1n) is 8.97. The Bertz CT molecular complexity index is 572. The highest BCUT2D eigenvalue weighted by molar-refractivity contribution is 5.85. The number of halogens is 4. The summed E-state index contributed by atoms with van der Waals surface area (Å²) in [6.45, 7) is 7.06. The van der Waals surface area contributed by atoms with Gasteiger partial charge in [0.2, 0.25) is 5.91 Å². The average molecular weight is 393 g/mol. The molecular formula is C19H28ClF3N2O. The molecular weight excluding hydrogens is 365 g/mol. The van der Waals surface area contributed by atoms with Gasteiger partial charge >= 0.3 is 6.18 Å². The van der Waals surface area contributed by atoms with E-state index in [0.717, 1.165) is 32.0 Å². The van der Waals surface area contributed by atoms with E-state index in [4.69, 9.17) is 0 Å². The van der Waals surface area contributed by atoms with Gasteiger partial charge in [-0.25, -0.2) is 0 Å². The van der Waals surface area contributed by atoms with E-state index in [9.17, 15) is 18.0 Å². The lowest BCUT2D eigenvalue weighted by Crippen LogP contribution is -2.41. The van der Waals surface area contributed by atoms with Crippen LogP contribution in [0.25, 0.3) is 0 Å². The van der Waals surface area contributed by atoms with Crippen LogP contribution in [0.3, 0.4) is 0 Å². The largest absolute Gasteiger partial charge is 0.416 e. The Kier molecular flexibility index (Phi) is 8.90. The fourth-order valence-corrected chi connectivity index (χ4v) is 3.42. The monoisotopic (exact) mass is 392 g/mol. The van der Waals surface area contributed by atoms with Gasteiger partial charge in [0.05, 0.1) is 5.56 Å². The maximum Gasteiger partial charge on any atom is 0.416 e. The molecule has 1 fully saturated rings. The summed E-state index contributed by atoms with van der Waals surface area (Å²) in [4.78, 5) is 14.3. The number of rotatable bonds is 6. The molecule has 0 radical (unpaired) electrons. The minimum absolute atomic E-state index is 0. The molecule has 1 aliphatic rings. The summed E-state index contributed by atoms with van der Waals surface area (Å²) in [7, 11) is 0. The van der Waals surface area contributed by atoms with E-state index in [1.165, 1.54) is 12.1 Å². The summed E-state index contributed by atoms with van der Waals surface area (Å²) in [5.41, 5.74) is -0.440. The predicted octanol–water partition coefficient (Wildman–Crippen LogP) is 4.47. The highest BCUT2D eigenvalue weighted by Gasteiger charge is 2.34. The van der Waals surface area contributed by atoms with Gasteiger partial charge in [-0.3, -0.25) is 4.79 Å². The molecule has 1 amide bonds. The molecule has 0 aromatic heterocycles. The zero-order valence-corrected chi connectivity index (χ0v) is 16.1.